The van der Waals surface area contributed by atoms with Gasteiger partial charge in [0.1, 0.15) is 23.2 Å². The smallest absolute Gasteiger partial charge is 0.257 e. The number of hydrogen-bond donors (Lipinski definition) is 1. The van der Waals surface area contributed by atoms with E-state index in [1.165, 1.54) is 24.2 Å². The lowest BCUT2D eigenvalue weighted by Crippen LogP contribution is -2.50. The Labute approximate surface area is 249 Å². The van der Waals surface area contributed by atoms with Crippen LogP contribution < -0.4 is 15.0 Å². The van der Waals surface area contributed by atoms with Gasteiger partial charge >= 0.3 is 0 Å². The van der Waals surface area contributed by atoms with Crippen LogP contribution in [-0.2, 0) is 4.79 Å². The van der Waals surface area contributed by atoms with Crippen molar-refractivity contribution in [3.05, 3.63) is 41.3 Å². The Morgan fingerprint density at radius 3 is 2.56 bits per heavy atom. The Morgan fingerprint density at radius 1 is 1.10 bits per heavy atom. The number of rotatable bonds is 8. The highest BCUT2D eigenvalue weighted by Crippen LogP contribution is 2.39. The van der Waals surface area contributed by atoms with Gasteiger partial charge in [-0.05, 0) is 50.8 Å². The molecule has 0 bridgehead atoms. The fourth-order valence-corrected chi connectivity index (χ4v) is 7.36. The number of anilines is 3. The van der Waals surface area contributed by atoms with Gasteiger partial charge in [0.05, 0.1) is 23.1 Å². The summed E-state index contributed by atoms with van der Waals surface area (Å²) in [6.45, 7) is 10.8. The molecule has 1 N–H and O–H groups in total. The molecular weight excluding hydrogens is 558 g/mol. The van der Waals surface area contributed by atoms with Crippen molar-refractivity contribution in [3.63, 3.8) is 0 Å². The van der Waals surface area contributed by atoms with Crippen LogP contribution in [0.1, 0.15) is 54.9 Å². The maximum Gasteiger partial charge on any atom is 0.257 e. The van der Waals surface area contributed by atoms with Crippen LogP contribution in [0.3, 0.4) is 0 Å². The summed E-state index contributed by atoms with van der Waals surface area (Å²) >= 11 is 3.11. The average Bonchev–Trinajstić information content (AvgIpc) is 3.62. The van der Waals surface area contributed by atoms with Crippen molar-refractivity contribution in [1.29, 1.82) is 0 Å². The molecule has 0 spiro atoms. The fourth-order valence-electron chi connectivity index (χ4n) is 5.41. The predicted molar refractivity (Wildman–Crippen MR) is 163 cm³/mol. The molecule has 218 valence electrons. The second kappa shape index (κ2) is 12.6. The highest BCUT2D eigenvalue weighted by Gasteiger charge is 2.27. The molecule has 2 fully saturated rings. The Kier molecular flexibility index (Phi) is 8.98. The van der Waals surface area contributed by atoms with E-state index in [9.17, 15) is 9.59 Å². The molecule has 2 saturated heterocycles. The monoisotopic (exact) mass is 595 g/mol. The van der Waals surface area contributed by atoms with Crippen molar-refractivity contribution in [2.45, 2.75) is 62.1 Å². The lowest BCUT2D eigenvalue weighted by Gasteiger charge is -2.34. The molecule has 2 amide bonds. The number of piperazine rings is 1. The van der Waals surface area contributed by atoms with Crippen LogP contribution in [0.4, 0.5) is 16.8 Å². The van der Waals surface area contributed by atoms with Gasteiger partial charge in [0.15, 0.2) is 5.13 Å². The summed E-state index contributed by atoms with van der Waals surface area (Å²) in [5.41, 5.74) is 1.54. The maximum atomic E-state index is 13.5. The van der Waals surface area contributed by atoms with E-state index in [4.69, 9.17) is 9.72 Å². The Balaban J connectivity index is 1.31. The quantitative estimate of drug-likeness (QED) is 0.379. The fraction of sp³-hybridized carbons (Fsp3) is 0.483. The molecule has 4 heterocycles. The average molecular weight is 596 g/mol. The Bertz CT molecular complexity index is 1420. The van der Waals surface area contributed by atoms with Gasteiger partial charge in [-0.25, -0.2) is 15.0 Å². The molecule has 0 radical (unpaired) electrons. The first kappa shape index (κ1) is 29.1. The second-order valence-corrected chi connectivity index (χ2v) is 12.8. The first-order valence-electron chi connectivity index (χ1n) is 14.0. The van der Waals surface area contributed by atoms with Gasteiger partial charge in [0.2, 0.25) is 5.91 Å². The van der Waals surface area contributed by atoms with E-state index in [0.29, 0.717) is 43.5 Å². The van der Waals surface area contributed by atoms with Crippen LogP contribution in [0.15, 0.2) is 33.5 Å². The first-order valence-corrected chi connectivity index (χ1v) is 15.7. The third kappa shape index (κ3) is 6.59. The molecule has 2 aromatic heterocycles. The summed E-state index contributed by atoms with van der Waals surface area (Å²) in [5, 5.41) is 4.12. The maximum absolute atomic E-state index is 13.5. The zero-order valence-electron chi connectivity index (χ0n) is 24.3. The number of hydrogen-bond acceptors (Lipinski definition) is 10. The summed E-state index contributed by atoms with van der Waals surface area (Å²) < 4.78 is 6.58. The number of ether oxygens (including phenoxy) is 1. The molecule has 41 heavy (non-hydrogen) atoms. The van der Waals surface area contributed by atoms with Gasteiger partial charge in [-0.2, -0.15) is 0 Å². The first-order chi connectivity index (χ1) is 19.7. The number of aryl methyl sites for hydroxylation is 2. The van der Waals surface area contributed by atoms with E-state index < -0.39 is 0 Å². The zero-order chi connectivity index (χ0) is 29.1. The molecule has 1 atom stereocenters. The lowest BCUT2D eigenvalue weighted by atomic mass is 10.1. The van der Waals surface area contributed by atoms with Crippen molar-refractivity contribution >= 4 is 51.7 Å². The number of aromatic nitrogens is 3. The number of methoxy groups -OCH3 is 1. The standard InChI is InChI=1S/C29H37N7O3S2/c1-6-21-8-7-9-36(21)26-16-25(31-19(3)32-26)33-29-30-17-27(41-29)40-24-15-22(23(39-5)14-18(24)2)28(38)35-12-10-34(11-13-35)20(4)37/h14-17,21H,6-13H2,1-5H3,(H,30,31,32,33)/t21-/m1/s1. The third-order valence-corrected chi connectivity index (χ3v) is 9.81. The number of carbonyl (C=O) groups is 2. The van der Waals surface area contributed by atoms with Crippen molar-refractivity contribution in [2.24, 2.45) is 0 Å². The molecular formula is C29H37N7O3S2. The molecule has 2 aliphatic rings. The molecule has 12 heteroatoms. The van der Waals surface area contributed by atoms with Gasteiger partial charge in [0, 0.05) is 56.7 Å². The SMILES string of the molecule is CC[C@@H]1CCCN1c1cc(Nc2ncc(Sc3cc(C(=O)N4CCN(C(C)=O)CC4)c(OC)cc3C)s2)nc(C)n1. The number of thiazole rings is 1. The minimum absolute atomic E-state index is 0.0362. The number of nitrogens with one attached hydrogen (secondary N) is 1. The Morgan fingerprint density at radius 2 is 1.85 bits per heavy atom. The van der Waals surface area contributed by atoms with Crippen molar-refractivity contribution in [3.8, 4) is 5.75 Å². The van der Waals surface area contributed by atoms with Crippen LogP contribution in [0.5, 0.6) is 5.75 Å². The largest absolute Gasteiger partial charge is 0.496 e. The molecule has 0 aliphatic carbocycles. The summed E-state index contributed by atoms with van der Waals surface area (Å²) in [6, 6.07) is 6.35. The van der Waals surface area contributed by atoms with Crippen molar-refractivity contribution < 1.29 is 14.3 Å². The molecule has 1 aromatic carbocycles. The van der Waals surface area contributed by atoms with Gasteiger partial charge in [-0.15, -0.1) is 0 Å². The van der Waals surface area contributed by atoms with Crippen LogP contribution in [-0.4, -0.2) is 82.4 Å². The minimum atomic E-state index is -0.0863. The molecule has 3 aromatic rings. The van der Waals surface area contributed by atoms with E-state index in [1.807, 2.05) is 38.2 Å². The van der Waals surface area contributed by atoms with Crippen LogP contribution in [0, 0.1) is 13.8 Å². The van der Waals surface area contributed by atoms with E-state index >= 15 is 0 Å². The predicted octanol–water partition coefficient (Wildman–Crippen LogP) is 5.14. The van der Waals surface area contributed by atoms with Crippen LogP contribution >= 0.6 is 23.1 Å². The summed E-state index contributed by atoms with van der Waals surface area (Å²) in [7, 11) is 1.58. The van der Waals surface area contributed by atoms with E-state index in [-0.39, 0.29) is 11.8 Å². The summed E-state index contributed by atoms with van der Waals surface area (Å²) in [4.78, 5) is 46.0. The Hall–Kier alpha value is -3.38. The second-order valence-electron chi connectivity index (χ2n) is 10.4. The van der Waals surface area contributed by atoms with Crippen LogP contribution in [0.25, 0.3) is 0 Å². The molecule has 2 aliphatic heterocycles. The van der Waals surface area contributed by atoms with E-state index in [1.54, 1.807) is 35.6 Å². The summed E-state index contributed by atoms with van der Waals surface area (Å²) in [6.07, 6.45) is 5.33. The number of nitrogens with zero attached hydrogens (tertiary/aromatic N) is 6. The van der Waals surface area contributed by atoms with E-state index in [2.05, 4.69) is 27.1 Å². The minimum Gasteiger partial charge on any atom is -0.496 e. The van der Waals surface area contributed by atoms with E-state index in [0.717, 1.165) is 50.2 Å². The zero-order valence-corrected chi connectivity index (χ0v) is 25.9. The normalized spacial score (nSPS) is 17.2. The lowest BCUT2D eigenvalue weighted by molar-refractivity contribution is -0.130. The van der Waals surface area contributed by atoms with Gasteiger partial charge in [-0.3, -0.25) is 9.59 Å². The topological polar surface area (TPSA) is 104 Å². The van der Waals surface area contributed by atoms with Gasteiger partial charge in [-0.1, -0.05) is 30.0 Å². The van der Waals surface area contributed by atoms with Crippen molar-refractivity contribution in [1.82, 2.24) is 24.8 Å². The summed E-state index contributed by atoms with van der Waals surface area (Å²) in [5.74, 6) is 2.93. The molecule has 10 nitrogen and oxygen atoms in total. The molecule has 5 rings (SSSR count). The van der Waals surface area contributed by atoms with Gasteiger partial charge < -0.3 is 24.8 Å². The third-order valence-electron chi connectivity index (χ3n) is 7.64. The van der Waals surface area contributed by atoms with Gasteiger partial charge in [0.25, 0.3) is 5.91 Å². The number of benzene rings is 1. The number of carbonyl (C=O) groups excluding carboxylic acids is 2. The van der Waals surface area contributed by atoms with Crippen LogP contribution in [0.2, 0.25) is 0 Å². The molecule has 0 unspecified atom stereocenters. The number of amides is 2. The highest BCUT2D eigenvalue weighted by atomic mass is 32.2. The highest BCUT2D eigenvalue weighted by molar-refractivity contribution is 8.01. The molecule has 0 saturated carbocycles. The van der Waals surface area contributed by atoms with Crippen molar-refractivity contribution in [2.75, 3.05) is 50.1 Å².